The van der Waals surface area contributed by atoms with Crippen LogP contribution >= 0.6 is 0 Å². The summed E-state index contributed by atoms with van der Waals surface area (Å²) in [7, 11) is 0.112. The number of rotatable bonds is 6. The first-order chi connectivity index (χ1) is 22.7. The highest BCUT2D eigenvalue weighted by Gasteiger charge is 2.68. The molecule has 9 nitrogen and oxygen atoms in total. The third-order valence-electron chi connectivity index (χ3n) is 12.5. The summed E-state index contributed by atoms with van der Waals surface area (Å²) in [6.45, 7) is 1.78. The number of nitrogens with one attached hydrogen (secondary N) is 1. The van der Waals surface area contributed by atoms with E-state index in [0.717, 1.165) is 73.1 Å². The second-order valence-electron chi connectivity index (χ2n) is 15.1. The number of likely N-dealkylation sites (N-methyl/N-ethyl adjacent to an activating group) is 1. The van der Waals surface area contributed by atoms with Gasteiger partial charge in [0.25, 0.3) is 5.91 Å². The first-order valence-corrected chi connectivity index (χ1v) is 19.2. The third-order valence-corrected chi connectivity index (χ3v) is 14.3. The summed E-state index contributed by atoms with van der Waals surface area (Å²) >= 11 is 0. The molecule has 3 saturated carbocycles. The molecule has 2 saturated heterocycles. The maximum absolute atomic E-state index is 15.3. The van der Waals surface area contributed by atoms with E-state index < -0.39 is 26.7 Å². The second-order valence-corrected chi connectivity index (χ2v) is 17.1. The van der Waals surface area contributed by atoms with Gasteiger partial charge in [-0.3, -0.25) is 9.59 Å². The number of hydrogen-bond acceptors (Lipinski definition) is 6. The highest BCUT2D eigenvalue weighted by molar-refractivity contribution is 7.90. The molecule has 0 radical (unpaired) electrons. The van der Waals surface area contributed by atoms with Crippen LogP contribution in [-0.2, 0) is 20.4 Å². The van der Waals surface area contributed by atoms with Gasteiger partial charge in [-0.1, -0.05) is 31.7 Å². The van der Waals surface area contributed by atoms with Crippen LogP contribution in [0.1, 0.15) is 104 Å². The van der Waals surface area contributed by atoms with Gasteiger partial charge in [0, 0.05) is 47.6 Å². The fourth-order valence-electron chi connectivity index (χ4n) is 9.93. The zero-order chi connectivity index (χ0) is 32.2. The molecule has 3 aromatic rings. The minimum Gasteiger partial charge on any atom is -0.497 e. The normalized spacial score (nSPS) is 28.7. The number of carbonyl (C=O) groups is 2. The highest BCUT2D eigenvalue weighted by Crippen LogP contribution is 2.67. The summed E-state index contributed by atoms with van der Waals surface area (Å²) in [6, 6.07) is 12.4. The molecule has 47 heavy (non-hydrogen) atoms. The van der Waals surface area contributed by atoms with Gasteiger partial charge in [-0.25, -0.2) is 13.1 Å². The quantitative estimate of drug-likeness (QED) is 0.378. The number of hydrogen-bond donors (Lipinski definition) is 1. The van der Waals surface area contributed by atoms with Crippen LogP contribution < -0.4 is 9.46 Å². The molecule has 248 valence electrons. The summed E-state index contributed by atoms with van der Waals surface area (Å²) in [4.78, 5) is 33.4. The predicted molar refractivity (Wildman–Crippen MR) is 180 cm³/mol. The molecule has 3 aliphatic carbocycles. The van der Waals surface area contributed by atoms with Gasteiger partial charge in [-0.15, -0.1) is 0 Å². The van der Waals surface area contributed by atoms with E-state index in [4.69, 9.17) is 4.74 Å². The Morgan fingerprint density at radius 2 is 1.66 bits per heavy atom. The van der Waals surface area contributed by atoms with E-state index in [-0.39, 0.29) is 23.9 Å². The number of carbonyl (C=O) groups excluding carboxylic acids is 2. The van der Waals surface area contributed by atoms with E-state index in [1.807, 2.05) is 18.2 Å². The van der Waals surface area contributed by atoms with Crippen molar-refractivity contribution in [2.75, 3.05) is 27.2 Å². The molecule has 3 aliphatic heterocycles. The largest absolute Gasteiger partial charge is 0.497 e. The molecule has 2 bridgehead atoms. The molecule has 10 heteroatoms. The van der Waals surface area contributed by atoms with E-state index in [9.17, 15) is 13.2 Å². The predicted octanol–water partition coefficient (Wildman–Crippen LogP) is 5.48. The molecule has 2 amide bonds. The zero-order valence-electron chi connectivity index (χ0n) is 27.3. The molecular weight excluding hydrogens is 612 g/mol. The van der Waals surface area contributed by atoms with Gasteiger partial charge >= 0.3 is 0 Å². The van der Waals surface area contributed by atoms with Gasteiger partial charge in [0.1, 0.15) is 11.3 Å². The van der Waals surface area contributed by atoms with Crippen LogP contribution in [0.25, 0.3) is 22.2 Å². The van der Waals surface area contributed by atoms with Gasteiger partial charge in [0.2, 0.25) is 15.9 Å². The van der Waals surface area contributed by atoms with Crippen molar-refractivity contribution in [2.45, 2.75) is 105 Å². The van der Waals surface area contributed by atoms with Gasteiger partial charge in [-0.2, -0.15) is 0 Å². The number of aromatic nitrogens is 1. The number of likely N-dealkylation sites (tertiary alicyclic amines) is 1. The van der Waals surface area contributed by atoms with E-state index in [0.29, 0.717) is 30.7 Å². The van der Waals surface area contributed by atoms with Crippen LogP contribution in [0.4, 0.5) is 0 Å². The van der Waals surface area contributed by atoms with Crippen molar-refractivity contribution in [1.82, 2.24) is 19.1 Å². The molecule has 1 N–H and O–H groups in total. The van der Waals surface area contributed by atoms with Crippen LogP contribution in [0.3, 0.4) is 0 Å². The van der Waals surface area contributed by atoms with E-state index in [1.165, 1.54) is 30.4 Å². The number of piperazine rings is 1. The maximum atomic E-state index is 15.3. The monoisotopic (exact) mass is 656 g/mol. The Balaban J connectivity index is 1.25. The number of benzene rings is 2. The zero-order valence-corrected chi connectivity index (χ0v) is 28.2. The third kappa shape index (κ3) is 4.32. The van der Waals surface area contributed by atoms with Crippen molar-refractivity contribution in [3.8, 4) is 17.0 Å². The molecular formula is C37H44N4O5S. The fourth-order valence-corrected chi connectivity index (χ4v) is 11.4. The summed E-state index contributed by atoms with van der Waals surface area (Å²) in [5.74, 6) is 0.745. The molecule has 4 heterocycles. The molecule has 4 atom stereocenters. The van der Waals surface area contributed by atoms with Crippen molar-refractivity contribution >= 4 is 32.7 Å². The van der Waals surface area contributed by atoms with Crippen LogP contribution in [-0.4, -0.2) is 79.2 Å². The van der Waals surface area contributed by atoms with Crippen molar-refractivity contribution in [2.24, 2.45) is 0 Å². The molecule has 9 rings (SSSR count). The molecule has 2 aromatic carbocycles. The van der Waals surface area contributed by atoms with Crippen LogP contribution in [0.15, 0.2) is 36.4 Å². The number of fused-ring (bicyclic) bond motifs is 10. The molecule has 1 aromatic heterocycles. The fraction of sp³-hybridized carbons (Fsp3) is 0.568. The van der Waals surface area contributed by atoms with Gasteiger partial charge in [0.15, 0.2) is 0 Å². The standard InChI is InChI=1S/C37H44N4O5S/c1-39-20-24-12-13-25(21-39)40(24)36(43)37-19-31(37)30-18-26(46-2)14-16-28(30)34-33(22-7-4-3-5-8-22)29-15-11-23(17-32(29)41(34)37)35(42)38-47(44,45)27-9-6-10-27/h11,14-18,22,24-25,27,31H,3-10,12-13,19-21H2,1-2H3,(H,38,42). The van der Waals surface area contributed by atoms with Gasteiger partial charge < -0.3 is 19.1 Å². The lowest BCUT2D eigenvalue weighted by Crippen LogP contribution is -2.58. The second kappa shape index (κ2) is 10.6. The number of amides is 2. The summed E-state index contributed by atoms with van der Waals surface area (Å²) in [5.41, 5.74) is 5.10. The lowest BCUT2D eigenvalue weighted by molar-refractivity contribution is -0.142. The average molecular weight is 657 g/mol. The SMILES string of the molecule is COc1ccc2c(c1)C1CC1(C(=O)N1C3CCC1CN(C)C3)n1c-2c(C2CCCCC2)c2ccc(C(=O)NS(=O)(=O)C3CCC3)cc21. The first-order valence-electron chi connectivity index (χ1n) is 17.7. The van der Waals surface area contributed by atoms with Crippen molar-refractivity contribution < 1.29 is 22.7 Å². The lowest BCUT2D eigenvalue weighted by atomic mass is 9.80. The minimum absolute atomic E-state index is 0.00191. The number of methoxy groups -OCH3 is 1. The van der Waals surface area contributed by atoms with E-state index >= 15 is 4.79 Å². The topological polar surface area (TPSA) is 101 Å². The molecule has 5 fully saturated rings. The van der Waals surface area contributed by atoms with Crippen LogP contribution in [0.2, 0.25) is 0 Å². The number of ether oxygens (including phenoxy) is 1. The van der Waals surface area contributed by atoms with Crippen molar-refractivity contribution in [1.29, 1.82) is 0 Å². The van der Waals surface area contributed by atoms with Gasteiger partial charge in [0.05, 0.1) is 23.6 Å². The Kier molecular flexibility index (Phi) is 6.69. The average Bonchev–Trinajstić information content (AvgIpc) is 3.62. The lowest BCUT2D eigenvalue weighted by Gasteiger charge is -2.43. The van der Waals surface area contributed by atoms with Gasteiger partial charge in [-0.05, 0) is 99.4 Å². The van der Waals surface area contributed by atoms with Crippen molar-refractivity contribution in [3.05, 3.63) is 53.1 Å². The number of nitrogens with zero attached hydrogens (tertiary/aromatic N) is 3. The Hall–Kier alpha value is -3.37. The van der Waals surface area contributed by atoms with E-state index in [2.05, 4.69) is 38.3 Å². The Morgan fingerprint density at radius 1 is 0.915 bits per heavy atom. The number of sulfonamides is 1. The Morgan fingerprint density at radius 3 is 2.34 bits per heavy atom. The molecule has 4 unspecified atom stereocenters. The molecule has 6 aliphatic rings. The molecule has 0 spiro atoms. The summed E-state index contributed by atoms with van der Waals surface area (Å²) in [5, 5.41) is 0.572. The smallest absolute Gasteiger partial charge is 0.264 e. The van der Waals surface area contributed by atoms with Crippen LogP contribution in [0.5, 0.6) is 5.75 Å². The minimum atomic E-state index is -3.74. The maximum Gasteiger partial charge on any atom is 0.264 e. The van der Waals surface area contributed by atoms with E-state index in [1.54, 1.807) is 13.2 Å². The van der Waals surface area contributed by atoms with Crippen LogP contribution in [0, 0.1) is 0 Å². The highest BCUT2D eigenvalue weighted by atomic mass is 32.2. The Bertz CT molecular complexity index is 1910. The summed E-state index contributed by atoms with van der Waals surface area (Å²) < 4.78 is 36.3. The van der Waals surface area contributed by atoms with Crippen molar-refractivity contribution in [3.63, 3.8) is 0 Å². The first kappa shape index (κ1) is 29.7. The Labute approximate surface area is 276 Å². The summed E-state index contributed by atoms with van der Waals surface area (Å²) in [6.07, 6.45) is 10.5.